The maximum absolute atomic E-state index is 12.5. The Kier molecular flexibility index (Phi) is 4.33. The number of nitrogens with one attached hydrogen (secondary N) is 1. The normalized spacial score (nSPS) is 11.8. The first-order valence-electron chi connectivity index (χ1n) is 7.61. The Morgan fingerprint density at radius 1 is 1.25 bits per heavy atom. The van der Waals surface area contributed by atoms with Crippen molar-refractivity contribution in [1.29, 1.82) is 0 Å². The summed E-state index contributed by atoms with van der Waals surface area (Å²) in [6.45, 7) is 6.42. The predicted molar refractivity (Wildman–Crippen MR) is 93.4 cm³/mol. The second-order valence-electron chi connectivity index (χ2n) is 6.53. The minimum Gasteiger partial charge on any atom is -0.394 e. The van der Waals surface area contributed by atoms with E-state index in [0.717, 1.165) is 22.9 Å². The molecule has 0 saturated heterocycles. The number of nitrogens with zero attached hydrogens (tertiary/aromatic N) is 4. The van der Waals surface area contributed by atoms with Gasteiger partial charge in [-0.05, 0) is 18.2 Å². The third-order valence-corrected chi connectivity index (χ3v) is 4.17. The highest BCUT2D eigenvalue weighted by Gasteiger charge is 2.21. The van der Waals surface area contributed by atoms with Crippen LogP contribution in [0.5, 0.6) is 0 Å². The molecular weight excluding hydrogens is 326 g/mol. The van der Waals surface area contributed by atoms with Crippen LogP contribution >= 0.6 is 11.7 Å². The topological polar surface area (TPSA) is 92.9 Å². The van der Waals surface area contributed by atoms with Crippen molar-refractivity contribution >= 4 is 34.5 Å². The van der Waals surface area contributed by atoms with Crippen molar-refractivity contribution in [3.63, 3.8) is 0 Å². The molecule has 0 atom stereocenters. The van der Waals surface area contributed by atoms with Gasteiger partial charge in [0.15, 0.2) is 0 Å². The van der Waals surface area contributed by atoms with Gasteiger partial charge in [0.2, 0.25) is 0 Å². The van der Waals surface area contributed by atoms with Crippen molar-refractivity contribution in [1.82, 2.24) is 18.5 Å². The Labute approximate surface area is 143 Å². The Morgan fingerprint density at radius 2 is 2.00 bits per heavy atom. The first kappa shape index (κ1) is 16.5. The number of anilines is 1. The molecule has 0 saturated carbocycles. The van der Waals surface area contributed by atoms with E-state index in [4.69, 9.17) is 0 Å². The third kappa shape index (κ3) is 3.29. The van der Waals surface area contributed by atoms with Gasteiger partial charge >= 0.3 is 0 Å². The molecule has 7 nitrogen and oxygen atoms in total. The second kappa shape index (κ2) is 6.29. The van der Waals surface area contributed by atoms with Gasteiger partial charge in [0.05, 0.1) is 30.6 Å². The lowest BCUT2D eigenvalue weighted by Crippen LogP contribution is -2.17. The van der Waals surface area contributed by atoms with Crippen molar-refractivity contribution in [3.8, 4) is 0 Å². The number of aliphatic hydroxyl groups is 1. The Morgan fingerprint density at radius 3 is 2.71 bits per heavy atom. The maximum Gasteiger partial charge on any atom is 0.256 e. The van der Waals surface area contributed by atoms with Gasteiger partial charge in [-0.3, -0.25) is 4.79 Å². The van der Waals surface area contributed by atoms with Crippen molar-refractivity contribution in [2.75, 3.05) is 11.9 Å². The number of aliphatic hydroxyl groups excluding tert-OH is 1. The van der Waals surface area contributed by atoms with E-state index in [-0.39, 0.29) is 17.9 Å². The Bertz CT molecular complexity index is 878. The summed E-state index contributed by atoms with van der Waals surface area (Å²) in [4.78, 5) is 12.5. The number of aromatic nitrogens is 4. The van der Waals surface area contributed by atoms with Crippen LogP contribution in [-0.2, 0) is 12.0 Å². The van der Waals surface area contributed by atoms with Crippen molar-refractivity contribution in [2.45, 2.75) is 32.7 Å². The van der Waals surface area contributed by atoms with Crippen LogP contribution in [0.2, 0.25) is 0 Å². The monoisotopic (exact) mass is 345 g/mol. The van der Waals surface area contributed by atoms with Crippen molar-refractivity contribution < 1.29 is 9.90 Å². The zero-order valence-corrected chi connectivity index (χ0v) is 14.6. The van der Waals surface area contributed by atoms with Gasteiger partial charge in [-0.15, -0.1) is 0 Å². The molecule has 8 heteroatoms. The van der Waals surface area contributed by atoms with Gasteiger partial charge in [0, 0.05) is 17.0 Å². The molecule has 0 aliphatic carbocycles. The van der Waals surface area contributed by atoms with Crippen LogP contribution in [0.1, 0.15) is 36.8 Å². The Hall–Kier alpha value is -2.32. The van der Waals surface area contributed by atoms with Gasteiger partial charge in [-0.1, -0.05) is 20.8 Å². The molecule has 2 N–H and O–H groups in total. The first-order valence-corrected chi connectivity index (χ1v) is 8.34. The van der Waals surface area contributed by atoms with Crippen LogP contribution in [0.3, 0.4) is 0 Å². The highest BCUT2D eigenvalue weighted by Crippen LogP contribution is 2.24. The molecule has 0 aliphatic rings. The predicted octanol–water partition coefficient (Wildman–Crippen LogP) is 2.43. The summed E-state index contributed by atoms with van der Waals surface area (Å²) in [5.74, 6) is 0.319. The van der Waals surface area contributed by atoms with E-state index < -0.39 is 0 Å². The number of amides is 1. The molecule has 1 amide bonds. The smallest absolute Gasteiger partial charge is 0.256 e. The molecule has 2 heterocycles. The maximum atomic E-state index is 12.5. The average molecular weight is 345 g/mol. The second-order valence-corrected chi connectivity index (χ2v) is 7.06. The Balaban J connectivity index is 1.88. The zero-order valence-electron chi connectivity index (χ0n) is 13.8. The van der Waals surface area contributed by atoms with Crippen LogP contribution in [0.4, 0.5) is 5.82 Å². The summed E-state index contributed by atoms with van der Waals surface area (Å²) in [5, 5.41) is 16.6. The van der Waals surface area contributed by atoms with Crippen molar-refractivity contribution in [3.05, 3.63) is 35.5 Å². The fraction of sp³-hybridized carbons (Fsp3) is 0.375. The fourth-order valence-corrected chi connectivity index (χ4v) is 2.78. The molecule has 0 spiro atoms. The van der Waals surface area contributed by atoms with E-state index in [1.165, 1.54) is 0 Å². The zero-order chi connectivity index (χ0) is 17.3. The van der Waals surface area contributed by atoms with Gasteiger partial charge in [-0.2, -0.15) is 13.8 Å². The van der Waals surface area contributed by atoms with Crippen LogP contribution in [-0.4, -0.2) is 36.1 Å². The lowest BCUT2D eigenvalue weighted by Gasteiger charge is -2.13. The largest absolute Gasteiger partial charge is 0.394 e. The standard InChI is InChI=1S/C16H19N5O2S/c1-16(2,3)13-9-14(21(18-13)6-7-22)17-15(23)10-4-5-11-12(8-10)20-24-19-11/h4-5,8-9,22H,6-7H2,1-3H3,(H,17,23). The first-order chi connectivity index (χ1) is 11.4. The van der Waals surface area contributed by atoms with Crippen LogP contribution in [0.15, 0.2) is 24.3 Å². The molecular formula is C16H19N5O2S. The van der Waals surface area contributed by atoms with E-state index in [9.17, 15) is 9.90 Å². The molecule has 3 rings (SSSR count). The molecule has 126 valence electrons. The third-order valence-electron chi connectivity index (χ3n) is 3.62. The summed E-state index contributed by atoms with van der Waals surface area (Å²) in [6.07, 6.45) is 0. The molecule has 0 fully saturated rings. The van der Waals surface area contributed by atoms with Crippen LogP contribution in [0, 0.1) is 0 Å². The lowest BCUT2D eigenvalue weighted by atomic mass is 9.92. The number of carbonyl (C=O) groups excluding carboxylic acids is 1. The minimum atomic E-state index is -0.246. The number of hydrogen-bond donors (Lipinski definition) is 2. The molecule has 0 bridgehead atoms. The minimum absolute atomic E-state index is 0.0510. The van der Waals surface area contributed by atoms with Gasteiger partial charge < -0.3 is 10.4 Å². The summed E-state index contributed by atoms with van der Waals surface area (Å²) >= 11 is 1.12. The number of hydrogen-bond acceptors (Lipinski definition) is 6. The summed E-state index contributed by atoms with van der Waals surface area (Å²) in [5.41, 5.74) is 2.68. The molecule has 1 aromatic carbocycles. The molecule has 3 aromatic rings. The van der Waals surface area contributed by atoms with E-state index in [0.29, 0.717) is 23.4 Å². The molecule has 0 radical (unpaired) electrons. The summed E-state index contributed by atoms with van der Waals surface area (Å²) < 4.78 is 9.89. The van der Waals surface area contributed by atoms with E-state index in [1.54, 1.807) is 22.9 Å². The van der Waals surface area contributed by atoms with Crippen molar-refractivity contribution in [2.24, 2.45) is 0 Å². The highest BCUT2D eigenvalue weighted by atomic mass is 32.1. The van der Waals surface area contributed by atoms with E-state index in [2.05, 4.69) is 19.2 Å². The summed E-state index contributed by atoms with van der Waals surface area (Å²) in [7, 11) is 0. The molecule has 2 aromatic heterocycles. The van der Waals surface area contributed by atoms with Gasteiger partial charge in [0.1, 0.15) is 16.9 Å². The molecule has 24 heavy (non-hydrogen) atoms. The molecule has 0 unspecified atom stereocenters. The number of rotatable bonds is 4. The quantitative estimate of drug-likeness (QED) is 0.757. The van der Waals surface area contributed by atoms with Crippen LogP contribution in [0.25, 0.3) is 11.0 Å². The highest BCUT2D eigenvalue weighted by molar-refractivity contribution is 7.00. The summed E-state index contributed by atoms with van der Waals surface area (Å²) in [6, 6.07) is 7.05. The number of benzene rings is 1. The van der Waals surface area contributed by atoms with Gasteiger partial charge in [0.25, 0.3) is 5.91 Å². The van der Waals surface area contributed by atoms with E-state index >= 15 is 0 Å². The lowest BCUT2D eigenvalue weighted by molar-refractivity contribution is 0.102. The number of carbonyl (C=O) groups is 1. The average Bonchev–Trinajstić information content (AvgIpc) is 3.13. The van der Waals surface area contributed by atoms with E-state index in [1.807, 2.05) is 26.8 Å². The molecule has 0 aliphatic heterocycles. The number of fused-ring (bicyclic) bond motifs is 1. The van der Waals surface area contributed by atoms with Crippen LogP contribution < -0.4 is 5.32 Å². The SMILES string of the molecule is CC(C)(C)c1cc(NC(=O)c2ccc3nsnc3c2)n(CCO)n1. The van der Waals surface area contributed by atoms with Gasteiger partial charge in [-0.25, -0.2) is 4.68 Å². The fourth-order valence-electron chi connectivity index (χ4n) is 2.26.